The van der Waals surface area contributed by atoms with E-state index in [1.165, 1.54) is 24.3 Å². The Balaban J connectivity index is 1.84. The maximum absolute atomic E-state index is 12.1. The smallest absolute Gasteiger partial charge is 0.269 e. The SMILES string of the molecule is C=CCOc1ccc(C(=O)NNC(=S)NC(=O)c2ccc([N+](=O)[O-])cc2)cc1. The Morgan fingerprint density at radius 3 is 2.18 bits per heavy atom. The van der Waals surface area contributed by atoms with Crippen LogP contribution >= 0.6 is 12.2 Å². The first-order chi connectivity index (χ1) is 13.4. The van der Waals surface area contributed by atoms with Gasteiger partial charge in [0.15, 0.2) is 5.11 Å². The van der Waals surface area contributed by atoms with Gasteiger partial charge in [0, 0.05) is 23.3 Å². The van der Waals surface area contributed by atoms with Crippen LogP contribution in [0.4, 0.5) is 5.69 Å². The molecule has 144 valence electrons. The second kappa shape index (κ2) is 9.78. The lowest BCUT2D eigenvalue weighted by molar-refractivity contribution is -0.384. The fourth-order valence-corrected chi connectivity index (χ4v) is 2.13. The van der Waals surface area contributed by atoms with Crippen LogP contribution in [0.15, 0.2) is 61.2 Å². The summed E-state index contributed by atoms with van der Waals surface area (Å²) < 4.78 is 5.32. The number of nitro benzene ring substituents is 1. The molecule has 0 bridgehead atoms. The highest BCUT2D eigenvalue weighted by molar-refractivity contribution is 7.80. The molecule has 0 fully saturated rings. The summed E-state index contributed by atoms with van der Waals surface area (Å²) in [5, 5.41) is 12.8. The van der Waals surface area contributed by atoms with Gasteiger partial charge in [-0.2, -0.15) is 0 Å². The van der Waals surface area contributed by atoms with Crippen LogP contribution in [0.25, 0.3) is 0 Å². The van der Waals surface area contributed by atoms with Gasteiger partial charge in [0.1, 0.15) is 12.4 Å². The van der Waals surface area contributed by atoms with E-state index in [-0.39, 0.29) is 16.4 Å². The molecule has 0 saturated carbocycles. The number of non-ortho nitro benzene ring substituents is 1. The van der Waals surface area contributed by atoms with Gasteiger partial charge in [0.05, 0.1) is 4.92 Å². The highest BCUT2D eigenvalue weighted by atomic mass is 32.1. The summed E-state index contributed by atoms with van der Waals surface area (Å²) in [5.74, 6) is -0.456. The first-order valence-electron chi connectivity index (χ1n) is 7.90. The van der Waals surface area contributed by atoms with Crippen molar-refractivity contribution in [1.29, 1.82) is 0 Å². The molecule has 0 aliphatic heterocycles. The molecule has 2 rings (SSSR count). The monoisotopic (exact) mass is 400 g/mol. The van der Waals surface area contributed by atoms with E-state index in [4.69, 9.17) is 17.0 Å². The number of carbonyl (C=O) groups is 2. The predicted molar refractivity (Wildman–Crippen MR) is 106 cm³/mol. The van der Waals surface area contributed by atoms with Crippen LogP contribution in [0.1, 0.15) is 20.7 Å². The molecule has 0 aromatic heterocycles. The Bertz CT molecular complexity index is 897. The molecule has 0 aliphatic rings. The van der Waals surface area contributed by atoms with Crippen molar-refractivity contribution in [3.05, 3.63) is 82.4 Å². The summed E-state index contributed by atoms with van der Waals surface area (Å²) in [6, 6.07) is 11.4. The van der Waals surface area contributed by atoms with Gasteiger partial charge < -0.3 is 4.74 Å². The number of hydrazine groups is 1. The van der Waals surface area contributed by atoms with Crippen molar-refractivity contribution in [2.24, 2.45) is 0 Å². The highest BCUT2D eigenvalue weighted by Gasteiger charge is 2.12. The zero-order valence-corrected chi connectivity index (χ0v) is 15.3. The number of nitrogens with one attached hydrogen (secondary N) is 3. The van der Waals surface area contributed by atoms with Crippen molar-refractivity contribution in [1.82, 2.24) is 16.2 Å². The number of benzene rings is 2. The number of thiocarbonyl (C=S) groups is 1. The Hall–Kier alpha value is -3.79. The number of ether oxygens (including phenoxy) is 1. The molecule has 2 aromatic carbocycles. The Morgan fingerprint density at radius 2 is 1.61 bits per heavy atom. The zero-order valence-electron chi connectivity index (χ0n) is 14.5. The van der Waals surface area contributed by atoms with Crippen molar-refractivity contribution < 1.29 is 19.2 Å². The Labute approximate surface area is 165 Å². The highest BCUT2D eigenvalue weighted by Crippen LogP contribution is 2.12. The van der Waals surface area contributed by atoms with Gasteiger partial charge in [-0.3, -0.25) is 35.9 Å². The predicted octanol–water partition coefficient (Wildman–Crippen LogP) is 2.11. The molecular weight excluding hydrogens is 384 g/mol. The van der Waals surface area contributed by atoms with Crippen LogP contribution in [0.5, 0.6) is 5.75 Å². The van der Waals surface area contributed by atoms with Gasteiger partial charge >= 0.3 is 0 Å². The molecule has 0 spiro atoms. The van der Waals surface area contributed by atoms with Crippen LogP contribution in [0.3, 0.4) is 0 Å². The maximum Gasteiger partial charge on any atom is 0.269 e. The fourth-order valence-electron chi connectivity index (χ4n) is 1.98. The summed E-state index contributed by atoms with van der Waals surface area (Å²) in [7, 11) is 0. The van der Waals surface area contributed by atoms with Gasteiger partial charge in [-0.15, -0.1) is 0 Å². The number of hydrogen-bond acceptors (Lipinski definition) is 6. The third kappa shape index (κ3) is 5.88. The lowest BCUT2D eigenvalue weighted by Gasteiger charge is -2.11. The van der Waals surface area contributed by atoms with Gasteiger partial charge in [0.2, 0.25) is 0 Å². The molecule has 0 unspecified atom stereocenters. The van der Waals surface area contributed by atoms with Crippen LogP contribution in [0, 0.1) is 10.1 Å². The van der Waals surface area contributed by atoms with Crippen molar-refractivity contribution >= 4 is 34.8 Å². The Kier molecular flexibility index (Phi) is 7.17. The van der Waals surface area contributed by atoms with Gasteiger partial charge in [-0.1, -0.05) is 12.7 Å². The summed E-state index contributed by atoms with van der Waals surface area (Å²) in [6.45, 7) is 3.90. The average Bonchev–Trinajstić information content (AvgIpc) is 2.70. The van der Waals surface area contributed by atoms with E-state index in [0.717, 1.165) is 0 Å². The van der Waals surface area contributed by atoms with E-state index in [0.29, 0.717) is 17.9 Å². The number of amides is 2. The molecule has 2 amide bonds. The second-order valence-corrected chi connectivity index (χ2v) is 5.70. The molecule has 0 heterocycles. The minimum atomic E-state index is -0.578. The first-order valence-corrected chi connectivity index (χ1v) is 8.31. The molecular formula is C18H16N4O5S. The van der Waals surface area contributed by atoms with E-state index >= 15 is 0 Å². The summed E-state index contributed by atoms with van der Waals surface area (Å²) >= 11 is 4.94. The molecule has 3 N–H and O–H groups in total. The number of nitro groups is 1. The van der Waals surface area contributed by atoms with Crippen molar-refractivity contribution in [2.45, 2.75) is 0 Å². The molecule has 0 radical (unpaired) electrons. The molecule has 28 heavy (non-hydrogen) atoms. The van der Waals surface area contributed by atoms with E-state index in [1.807, 2.05) is 0 Å². The lowest BCUT2D eigenvalue weighted by Crippen LogP contribution is -2.48. The fraction of sp³-hybridized carbons (Fsp3) is 0.0556. The normalized spacial score (nSPS) is 9.71. The van der Waals surface area contributed by atoms with Crippen LogP contribution in [0.2, 0.25) is 0 Å². The van der Waals surface area contributed by atoms with Crippen molar-refractivity contribution in [3.63, 3.8) is 0 Å². The minimum Gasteiger partial charge on any atom is -0.490 e. The molecule has 0 aliphatic carbocycles. The Morgan fingerprint density at radius 1 is 1.04 bits per heavy atom. The average molecular weight is 400 g/mol. The quantitative estimate of drug-likeness (QED) is 0.294. The number of hydrogen-bond donors (Lipinski definition) is 3. The number of rotatable bonds is 6. The summed E-state index contributed by atoms with van der Waals surface area (Å²) in [6.07, 6.45) is 1.61. The molecule has 2 aromatic rings. The van der Waals surface area contributed by atoms with Gasteiger partial charge in [-0.25, -0.2) is 0 Å². The zero-order chi connectivity index (χ0) is 20.5. The van der Waals surface area contributed by atoms with Crippen LogP contribution in [-0.2, 0) is 0 Å². The van der Waals surface area contributed by atoms with Gasteiger partial charge in [-0.05, 0) is 48.6 Å². The first kappa shape index (κ1) is 20.5. The van der Waals surface area contributed by atoms with Crippen molar-refractivity contribution in [2.75, 3.05) is 6.61 Å². The second-order valence-electron chi connectivity index (χ2n) is 5.29. The van der Waals surface area contributed by atoms with Crippen molar-refractivity contribution in [3.8, 4) is 5.75 Å². The standard InChI is InChI=1S/C18H16N4O5S/c1-2-11-27-15-9-5-13(6-10-15)17(24)20-21-18(28)19-16(23)12-3-7-14(8-4-12)22(25)26/h2-10H,1,11H2,(H,20,24)(H2,19,21,23,28). The third-order valence-corrected chi connectivity index (χ3v) is 3.55. The molecule has 0 atom stereocenters. The summed E-state index contributed by atoms with van der Waals surface area (Å²) in [5.41, 5.74) is 5.15. The van der Waals surface area contributed by atoms with Crippen LogP contribution < -0.4 is 20.9 Å². The molecule has 0 saturated heterocycles. The van der Waals surface area contributed by atoms with E-state index < -0.39 is 16.7 Å². The largest absolute Gasteiger partial charge is 0.490 e. The molecule has 10 heteroatoms. The topological polar surface area (TPSA) is 123 Å². The van der Waals surface area contributed by atoms with E-state index in [1.54, 1.807) is 30.3 Å². The lowest BCUT2D eigenvalue weighted by atomic mass is 10.2. The van der Waals surface area contributed by atoms with Gasteiger partial charge in [0.25, 0.3) is 17.5 Å². The van der Waals surface area contributed by atoms with E-state index in [9.17, 15) is 19.7 Å². The summed E-state index contributed by atoms with van der Waals surface area (Å²) in [4.78, 5) is 34.1. The van der Waals surface area contributed by atoms with Crippen LogP contribution in [-0.4, -0.2) is 28.5 Å². The maximum atomic E-state index is 12.1. The number of carbonyl (C=O) groups excluding carboxylic acids is 2. The minimum absolute atomic E-state index is 0.134. The number of nitrogens with zero attached hydrogens (tertiary/aromatic N) is 1. The molecule has 9 nitrogen and oxygen atoms in total. The van der Waals surface area contributed by atoms with E-state index in [2.05, 4.69) is 22.7 Å². The third-order valence-electron chi connectivity index (χ3n) is 3.34.